The molecule has 1 aromatic heterocycles. The number of hydrogen-bond acceptors (Lipinski definition) is 5. The first-order valence-corrected chi connectivity index (χ1v) is 9.02. The van der Waals surface area contributed by atoms with E-state index < -0.39 is 0 Å². The van der Waals surface area contributed by atoms with Crippen LogP contribution < -0.4 is 9.64 Å². The van der Waals surface area contributed by atoms with E-state index in [-0.39, 0.29) is 6.04 Å². The zero-order valence-corrected chi connectivity index (χ0v) is 15.4. The molecule has 2 aromatic carbocycles. The van der Waals surface area contributed by atoms with Crippen LogP contribution in [0.1, 0.15) is 31.3 Å². The minimum atomic E-state index is -0.141. The van der Waals surface area contributed by atoms with Gasteiger partial charge in [-0.2, -0.15) is 0 Å². The van der Waals surface area contributed by atoms with Crippen LogP contribution in [0.4, 0.5) is 5.69 Å². The minimum absolute atomic E-state index is 0.141. The van der Waals surface area contributed by atoms with Gasteiger partial charge in [-0.25, -0.2) is 0 Å². The number of anilines is 1. The summed E-state index contributed by atoms with van der Waals surface area (Å²) in [6, 6.07) is 19.5. The molecule has 4 rings (SSSR count). The van der Waals surface area contributed by atoms with Crippen molar-refractivity contribution in [1.29, 1.82) is 0 Å². The number of hydrogen-bond donors (Lipinski definition) is 0. The zero-order chi connectivity index (χ0) is 18.6. The lowest BCUT2D eigenvalue weighted by molar-refractivity contribution is 0.369. The lowest BCUT2D eigenvalue weighted by atomic mass is 10.1. The van der Waals surface area contributed by atoms with Crippen LogP contribution >= 0.6 is 0 Å². The van der Waals surface area contributed by atoms with E-state index in [2.05, 4.69) is 30.1 Å². The predicted molar refractivity (Wildman–Crippen MR) is 106 cm³/mol. The molecule has 1 atom stereocenters. The number of ether oxygens (including phenoxy) is 1. The van der Waals surface area contributed by atoms with Gasteiger partial charge in [0.05, 0.1) is 17.7 Å². The molecule has 2 heterocycles. The quantitative estimate of drug-likeness (QED) is 0.601. The van der Waals surface area contributed by atoms with Gasteiger partial charge in [0.2, 0.25) is 0 Å². The molecule has 0 radical (unpaired) electrons. The van der Waals surface area contributed by atoms with Crippen molar-refractivity contribution in [3.63, 3.8) is 0 Å². The second-order valence-electron chi connectivity index (χ2n) is 6.37. The molecule has 1 aliphatic heterocycles. The van der Waals surface area contributed by atoms with E-state index in [1.54, 1.807) is 0 Å². The number of benzene rings is 2. The molecule has 0 saturated heterocycles. The molecular weight excluding hydrogens is 338 g/mol. The average molecular weight is 359 g/mol. The number of allylic oxidation sites excluding steroid dienone is 1. The molecule has 27 heavy (non-hydrogen) atoms. The van der Waals surface area contributed by atoms with Gasteiger partial charge in [0.25, 0.3) is 0 Å². The summed E-state index contributed by atoms with van der Waals surface area (Å²) in [6.07, 6.45) is 4.75. The number of para-hydroxylation sites is 1. The van der Waals surface area contributed by atoms with E-state index in [0.29, 0.717) is 0 Å². The van der Waals surface area contributed by atoms with Crippen LogP contribution in [0.5, 0.6) is 11.5 Å². The standard InChI is InChI=1S/C22H21N3O2/c1-3-17-13-22(27-24-17)21-12-16(2)25(15-23-21)18-8-7-11-20(14-18)26-19-9-5-4-6-10-19/h4-15,21H,3H2,1-2H3. The molecule has 1 unspecified atom stereocenters. The molecule has 0 fully saturated rings. The van der Waals surface area contributed by atoms with Crippen molar-refractivity contribution in [1.82, 2.24) is 5.16 Å². The van der Waals surface area contributed by atoms with Gasteiger partial charge >= 0.3 is 0 Å². The summed E-state index contributed by atoms with van der Waals surface area (Å²) < 4.78 is 11.4. The zero-order valence-electron chi connectivity index (χ0n) is 15.4. The minimum Gasteiger partial charge on any atom is -0.457 e. The summed E-state index contributed by atoms with van der Waals surface area (Å²) in [5, 5.41) is 4.06. The van der Waals surface area contributed by atoms with Gasteiger partial charge in [-0.3, -0.25) is 4.99 Å². The Morgan fingerprint density at radius 2 is 1.85 bits per heavy atom. The maximum absolute atomic E-state index is 5.94. The summed E-state index contributed by atoms with van der Waals surface area (Å²) in [5.41, 5.74) is 3.01. The monoisotopic (exact) mass is 359 g/mol. The van der Waals surface area contributed by atoms with Crippen LogP contribution in [0.25, 0.3) is 0 Å². The van der Waals surface area contributed by atoms with E-state index >= 15 is 0 Å². The molecule has 5 nitrogen and oxygen atoms in total. The first-order valence-electron chi connectivity index (χ1n) is 9.02. The first kappa shape index (κ1) is 17.1. The van der Waals surface area contributed by atoms with Crippen LogP contribution in [0.15, 0.2) is 82.0 Å². The fourth-order valence-corrected chi connectivity index (χ4v) is 2.96. The molecule has 0 aliphatic carbocycles. The molecule has 1 aliphatic rings. The summed E-state index contributed by atoms with van der Waals surface area (Å²) in [7, 11) is 0. The number of aromatic nitrogens is 1. The largest absolute Gasteiger partial charge is 0.457 e. The van der Waals surface area contributed by atoms with Gasteiger partial charge in [0.1, 0.15) is 17.5 Å². The highest BCUT2D eigenvalue weighted by molar-refractivity contribution is 5.85. The number of aryl methyl sites for hydroxylation is 1. The SMILES string of the molecule is CCc1cc(C2C=C(C)N(c3cccc(Oc4ccccc4)c3)C=N2)on1. The van der Waals surface area contributed by atoms with Crippen molar-refractivity contribution in [2.75, 3.05) is 4.90 Å². The molecule has 136 valence electrons. The van der Waals surface area contributed by atoms with Crippen molar-refractivity contribution in [2.45, 2.75) is 26.3 Å². The second kappa shape index (κ2) is 7.50. The first-order chi connectivity index (χ1) is 13.2. The van der Waals surface area contributed by atoms with Gasteiger partial charge in [0, 0.05) is 17.8 Å². The van der Waals surface area contributed by atoms with Crippen molar-refractivity contribution in [3.8, 4) is 11.5 Å². The Morgan fingerprint density at radius 3 is 2.59 bits per heavy atom. The van der Waals surface area contributed by atoms with Crippen LogP contribution in [0.3, 0.4) is 0 Å². The summed E-state index contributed by atoms with van der Waals surface area (Å²) in [5.74, 6) is 2.36. The van der Waals surface area contributed by atoms with E-state index in [1.165, 1.54) is 0 Å². The highest BCUT2D eigenvalue weighted by Crippen LogP contribution is 2.31. The number of nitrogens with zero attached hydrogens (tertiary/aromatic N) is 3. The van der Waals surface area contributed by atoms with E-state index in [0.717, 1.165) is 40.8 Å². The molecule has 0 N–H and O–H groups in total. The Balaban J connectivity index is 1.53. The smallest absolute Gasteiger partial charge is 0.165 e. The predicted octanol–water partition coefficient (Wildman–Crippen LogP) is 5.52. The molecule has 3 aromatic rings. The lowest BCUT2D eigenvalue weighted by Crippen LogP contribution is -2.22. The fraction of sp³-hybridized carbons (Fsp3) is 0.182. The molecule has 0 bridgehead atoms. The van der Waals surface area contributed by atoms with Crippen LogP contribution in [-0.2, 0) is 6.42 Å². The second-order valence-corrected chi connectivity index (χ2v) is 6.37. The average Bonchev–Trinajstić information content (AvgIpc) is 3.18. The maximum Gasteiger partial charge on any atom is 0.165 e. The van der Waals surface area contributed by atoms with Crippen molar-refractivity contribution in [3.05, 3.63) is 83.9 Å². The van der Waals surface area contributed by atoms with Crippen molar-refractivity contribution >= 4 is 12.0 Å². The molecule has 0 saturated carbocycles. The third-order valence-corrected chi connectivity index (χ3v) is 4.43. The fourth-order valence-electron chi connectivity index (χ4n) is 2.96. The van der Waals surface area contributed by atoms with Gasteiger partial charge in [0.15, 0.2) is 5.76 Å². The molecular formula is C22H21N3O2. The van der Waals surface area contributed by atoms with Gasteiger partial charge in [-0.1, -0.05) is 36.3 Å². The van der Waals surface area contributed by atoms with Crippen LogP contribution in [0, 0.1) is 0 Å². The third kappa shape index (κ3) is 3.77. The Bertz CT molecular complexity index is 976. The normalized spacial score (nSPS) is 16.3. The highest BCUT2D eigenvalue weighted by Gasteiger charge is 2.20. The summed E-state index contributed by atoms with van der Waals surface area (Å²) >= 11 is 0. The highest BCUT2D eigenvalue weighted by atomic mass is 16.5. The van der Waals surface area contributed by atoms with Crippen LogP contribution in [-0.4, -0.2) is 11.5 Å². The number of aliphatic imine (C=N–C) groups is 1. The Morgan fingerprint density at radius 1 is 1.04 bits per heavy atom. The summed E-state index contributed by atoms with van der Waals surface area (Å²) in [6.45, 7) is 4.11. The van der Waals surface area contributed by atoms with Gasteiger partial charge in [-0.05, 0) is 43.7 Å². The van der Waals surface area contributed by atoms with E-state index in [4.69, 9.17) is 9.26 Å². The van der Waals surface area contributed by atoms with E-state index in [1.807, 2.05) is 71.9 Å². The van der Waals surface area contributed by atoms with Crippen LogP contribution in [0.2, 0.25) is 0 Å². The molecule has 5 heteroatoms. The maximum atomic E-state index is 5.94. The van der Waals surface area contributed by atoms with Gasteiger partial charge in [-0.15, -0.1) is 0 Å². The third-order valence-electron chi connectivity index (χ3n) is 4.43. The molecule has 0 amide bonds. The Labute approximate surface area is 158 Å². The van der Waals surface area contributed by atoms with Gasteiger partial charge < -0.3 is 14.2 Å². The molecule has 0 spiro atoms. The van der Waals surface area contributed by atoms with E-state index in [9.17, 15) is 0 Å². The van der Waals surface area contributed by atoms with Crippen molar-refractivity contribution < 1.29 is 9.26 Å². The Hall–Kier alpha value is -3.34. The lowest BCUT2D eigenvalue weighted by Gasteiger charge is -2.25. The Kier molecular flexibility index (Phi) is 4.75. The van der Waals surface area contributed by atoms with Crippen molar-refractivity contribution in [2.24, 2.45) is 4.99 Å². The topological polar surface area (TPSA) is 50.9 Å². The summed E-state index contributed by atoms with van der Waals surface area (Å²) in [4.78, 5) is 6.65. The number of rotatable bonds is 5.